The third kappa shape index (κ3) is 4.06. The van der Waals surface area contributed by atoms with Crippen LogP contribution in [-0.2, 0) is 0 Å². The number of furan rings is 1. The number of aryl methyl sites for hydroxylation is 1. The second-order valence-corrected chi connectivity index (χ2v) is 9.02. The Morgan fingerprint density at radius 1 is 0.935 bits per heavy atom. The Morgan fingerprint density at radius 3 is 2.39 bits per heavy atom. The Bertz CT molecular complexity index is 1040. The summed E-state index contributed by atoms with van der Waals surface area (Å²) < 4.78 is 8.50. The van der Waals surface area contributed by atoms with Crippen LogP contribution in [0.1, 0.15) is 73.5 Å². The van der Waals surface area contributed by atoms with Crippen LogP contribution in [0.15, 0.2) is 47.1 Å². The van der Waals surface area contributed by atoms with E-state index in [1.165, 1.54) is 31.2 Å². The summed E-state index contributed by atoms with van der Waals surface area (Å²) in [5, 5.41) is 0. The van der Waals surface area contributed by atoms with Gasteiger partial charge < -0.3 is 13.9 Å². The average Bonchev–Trinajstić information content (AvgIpc) is 3.48. The molecule has 0 spiro atoms. The fraction of sp³-hybridized carbons (Fsp3) is 0.462. The van der Waals surface area contributed by atoms with Gasteiger partial charge in [-0.15, -0.1) is 0 Å². The molecule has 1 aliphatic carbocycles. The van der Waals surface area contributed by atoms with Gasteiger partial charge in [0.05, 0.1) is 12.0 Å². The number of imidazole rings is 1. The molecule has 1 amide bonds. The van der Waals surface area contributed by atoms with Crippen LogP contribution in [0.5, 0.6) is 0 Å². The molecular weight excluding hydrogens is 386 g/mol. The monoisotopic (exact) mass is 417 g/mol. The molecule has 162 valence electrons. The van der Waals surface area contributed by atoms with E-state index >= 15 is 0 Å². The number of benzene rings is 1. The van der Waals surface area contributed by atoms with Gasteiger partial charge in [0.2, 0.25) is 0 Å². The Balaban J connectivity index is 1.53. The largest absolute Gasteiger partial charge is 0.449 e. The number of amides is 1. The predicted molar refractivity (Wildman–Crippen MR) is 122 cm³/mol. The third-order valence-electron chi connectivity index (χ3n) is 6.78. The molecule has 31 heavy (non-hydrogen) atoms. The first kappa shape index (κ1) is 20.1. The highest BCUT2D eigenvalue weighted by Gasteiger charge is 2.26. The Kier molecular flexibility index (Phi) is 5.66. The van der Waals surface area contributed by atoms with Crippen LogP contribution in [-0.4, -0.2) is 33.4 Å². The zero-order valence-corrected chi connectivity index (χ0v) is 18.3. The number of piperidine rings is 1. The Hall–Kier alpha value is -2.82. The molecule has 5 nitrogen and oxygen atoms in total. The summed E-state index contributed by atoms with van der Waals surface area (Å²) >= 11 is 0. The minimum atomic E-state index is 0.00608. The molecule has 3 aromatic rings. The summed E-state index contributed by atoms with van der Waals surface area (Å²) in [6, 6.07) is 12.7. The summed E-state index contributed by atoms with van der Waals surface area (Å²) in [4.78, 5) is 19.7. The van der Waals surface area contributed by atoms with Gasteiger partial charge >= 0.3 is 0 Å². The lowest BCUT2D eigenvalue weighted by molar-refractivity contribution is 0.0693. The summed E-state index contributed by atoms with van der Waals surface area (Å²) in [6.07, 6.45) is 11.5. The number of hydrogen-bond acceptors (Lipinski definition) is 3. The lowest BCUT2D eigenvalue weighted by atomic mass is 9.95. The molecule has 1 aliphatic heterocycles. The molecular formula is C26H31N3O2. The fourth-order valence-corrected chi connectivity index (χ4v) is 5.00. The highest BCUT2D eigenvalue weighted by atomic mass is 16.4. The van der Waals surface area contributed by atoms with E-state index in [0.717, 1.165) is 61.5 Å². The van der Waals surface area contributed by atoms with Gasteiger partial charge in [-0.05, 0) is 51.2 Å². The van der Waals surface area contributed by atoms with Crippen molar-refractivity contribution < 1.29 is 9.21 Å². The van der Waals surface area contributed by atoms with Gasteiger partial charge in [-0.1, -0.05) is 49.1 Å². The lowest BCUT2D eigenvalue weighted by Gasteiger charge is -2.25. The van der Waals surface area contributed by atoms with Crippen LogP contribution in [0.25, 0.3) is 22.7 Å². The lowest BCUT2D eigenvalue weighted by Crippen LogP contribution is -2.35. The minimum Gasteiger partial charge on any atom is -0.449 e. The summed E-state index contributed by atoms with van der Waals surface area (Å²) in [5.41, 5.74) is 4.23. The van der Waals surface area contributed by atoms with Crippen LogP contribution in [0.2, 0.25) is 0 Å². The van der Waals surface area contributed by atoms with Gasteiger partial charge in [0.25, 0.3) is 5.91 Å². The maximum absolute atomic E-state index is 13.0. The van der Waals surface area contributed by atoms with Crippen molar-refractivity contribution in [3.63, 3.8) is 0 Å². The normalized spacial score (nSPS) is 17.8. The highest BCUT2D eigenvalue weighted by molar-refractivity contribution is 5.92. The predicted octanol–water partition coefficient (Wildman–Crippen LogP) is 6.25. The maximum Gasteiger partial charge on any atom is 0.289 e. The zero-order valence-electron chi connectivity index (χ0n) is 18.3. The van der Waals surface area contributed by atoms with Crippen molar-refractivity contribution >= 4 is 5.91 Å². The summed E-state index contributed by atoms with van der Waals surface area (Å²) in [6.45, 7) is 3.74. The smallest absolute Gasteiger partial charge is 0.289 e. The summed E-state index contributed by atoms with van der Waals surface area (Å²) in [7, 11) is 0. The minimum absolute atomic E-state index is 0.00608. The van der Waals surface area contributed by atoms with Crippen LogP contribution >= 0.6 is 0 Å². The van der Waals surface area contributed by atoms with Crippen LogP contribution in [0.4, 0.5) is 0 Å². The van der Waals surface area contributed by atoms with E-state index < -0.39 is 0 Å². The highest BCUT2D eigenvalue weighted by Crippen LogP contribution is 2.38. The third-order valence-corrected chi connectivity index (χ3v) is 6.78. The first-order valence-electron chi connectivity index (χ1n) is 11.7. The van der Waals surface area contributed by atoms with E-state index in [9.17, 15) is 4.79 Å². The molecule has 0 radical (unpaired) electrons. The molecule has 1 saturated heterocycles. The molecule has 2 aromatic heterocycles. The van der Waals surface area contributed by atoms with E-state index in [2.05, 4.69) is 35.8 Å². The molecule has 0 bridgehead atoms. The van der Waals surface area contributed by atoms with Gasteiger partial charge in [-0.25, -0.2) is 4.98 Å². The first-order valence-corrected chi connectivity index (χ1v) is 11.7. The van der Waals surface area contributed by atoms with Crippen LogP contribution in [0, 0.1) is 6.92 Å². The van der Waals surface area contributed by atoms with E-state index in [1.807, 2.05) is 23.4 Å². The average molecular weight is 418 g/mol. The zero-order chi connectivity index (χ0) is 21.2. The fourth-order valence-electron chi connectivity index (χ4n) is 5.00. The first-order chi connectivity index (χ1) is 15.2. The molecule has 0 N–H and O–H groups in total. The number of carbonyl (C=O) groups is 1. The van der Waals surface area contributed by atoms with Crippen LogP contribution < -0.4 is 0 Å². The molecule has 5 heteroatoms. The molecule has 0 atom stereocenters. The van der Waals surface area contributed by atoms with Crippen molar-refractivity contribution in [2.24, 2.45) is 0 Å². The van der Waals surface area contributed by atoms with Crippen molar-refractivity contribution in [3.8, 4) is 22.7 Å². The molecule has 3 heterocycles. The van der Waals surface area contributed by atoms with Crippen molar-refractivity contribution in [3.05, 3.63) is 54.0 Å². The number of carbonyl (C=O) groups excluding carboxylic acids is 1. The van der Waals surface area contributed by atoms with Gasteiger partial charge in [0, 0.05) is 24.7 Å². The molecule has 2 aliphatic rings. The Labute approximate surface area is 184 Å². The van der Waals surface area contributed by atoms with Gasteiger partial charge in [0.1, 0.15) is 5.69 Å². The van der Waals surface area contributed by atoms with Crippen molar-refractivity contribution in [2.45, 2.75) is 64.3 Å². The van der Waals surface area contributed by atoms with Crippen molar-refractivity contribution in [1.82, 2.24) is 14.5 Å². The van der Waals surface area contributed by atoms with E-state index in [1.54, 1.807) is 0 Å². The number of rotatable bonds is 4. The second kappa shape index (κ2) is 8.74. The topological polar surface area (TPSA) is 51.3 Å². The summed E-state index contributed by atoms with van der Waals surface area (Å²) in [5.74, 6) is 1.17. The second-order valence-electron chi connectivity index (χ2n) is 9.02. The molecule has 5 rings (SSSR count). The number of aromatic nitrogens is 2. The maximum atomic E-state index is 13.0. The molecule has 0 unspecified atom stereocenters. The standard InChI is InChI=1S/C26H31N3O2/c1-19-10-12-20(13-11-19)24-25(29(18-27-24)21-8-4-2-5-9-21)22-14-15-23(31-22)26(30)28-16-6-3-7-17-28/h10-15,18,21H,2-9,16-17H2,1H3. The number of likely N-dealkylation sites (tertiary alicyclic amines) is 1. The van der Waals surface area contributed by atoms with Crippen molar-refractivity contribution in [2.75, 3.05) is 13.1 Å². The van der Waals surface area contributed by atoms with Crippen LogP contribution in [0.3, 0.4) is 0 Å². The molecule has 1 aromatic carbocycles. The van der Waals surface area contributed by atoms with Crippen molar-refractivity contribution in [1.29, 1.82) is 0 Å². The van der Waals surface area contributed by atoms with E-state index in [0.29, 0.717) is 11.8 Å². The number of nitrogens with zero attached hydrogens (tertiary/aromatic N) is 3. The number of hydrogen-bond donors (Lipinski definition) is 0. The SMILES string of the molecule is Cc1ccc(-c2ncn(C3CCCCC3)c2-c2ccc(C(=O)N3CCCCC3)o2)cc1. The van der Waals surface area contributed by atoms with E-state index in [-0.39, 0.29) is 5.91 Å². The van der Waals surface area contributed by atoms with Gasteiger partial charge in [-0.2, -0.15) is 0 Å². The molecule has 2 fully saturated rings. The van der Waals surface area contributed by atoms with Gasteiger partial charge in [0.15, 0.2) is 11.5 Å². The molecule has 1 saturated carbocycles. The quantitative estimate of drug-likeness (QED) is 0.504. The Morgan fingerprint density at radius 2 is 1.65 bits per heavy atom. The van der Waals surface area contributed by atoms with Gasteiger partial charge in [-0.3, -0.25) is 4.79 Å². The van der Waals surface area contributed by atoms with E-state index in [4.69, 9.17) is 9.40 Å².